The molecule has 15 heavy (non-hydrogen) atoms. The second-order valence-corrected chi connectivity index (χ2v) is 4.77. The lowest BCUT2D eigenvalue weighted by molar-refractivity contribution is -0.133. The molecule has 2 atom stereocenters. The Morgan fingerprint density at radius 2 is 2.13 bits per heavy atom. The molecule has 2 rings (SSSR count). The first kappa shape index (κ1) is 10.5. The van der Waals surface area contributed by atoms with Gasteiger partial charge >= 0.3 is 0 Å². The summed E-state index contributed by atoms with van der Waals surface area (Å²) in [5, 5.41) is 9.20. The van der Waals surface area contributed by atoms with Crippen molar-refractivity contribution in [1.82, 2.24) is 4.90 Å². The molecule has 82 valence electrons. The van der Waals surface area contributed by atoms with Crippen LogP contribution in [-0.4, -0.2) is 23.4 Å². The normalized spacial score (nSPS) is 28.3. The lowest BCUT2D eigenvalue weighted by atomic mass is 9.88. The molecule has 0 aromatic rings. The summed E-state index contributed by atoms with van der Waals surface area (Å²) in [7, 11) is 0. The third kappa shape index (κ3) is 2.14. The molecule has 1 amide bonds. The van der Waals surface area contributed by atoms with Crippen LogP contribution in [0, 0.1) is 23.2 Å². The van der Waals surface area contributed by atoms with Crippen molar-refractivity contribution in [3.63, 3.8) is 0 Å². The van der Waals surface area contributed by atoms with Gasteiger partial charge in [-0.05, 0) is 38.0 Å². The van der Waals surface area contributed by atoms with Crippen molar-refractivity contribution < 1.29 is 4.79 Å². The van der Waals surface area contributed by atoms with Gasteiger partial charge in [0.1, 0.15) is 0 Å². The molecule has 0 radical (unpaired) electrons. The second kappa shape index (κ2) is 4.22. The highest BCUT2D eigenvalue weighted by atomic mass is 16.2. The molecule has 3 nitrogen and oxygen atoms in total. The van der Waals surface area contributed by atoms with Crippen molar-refractivity contribution >= 4 is 5.91 Å². The Hall–Kier alpha value is -1.04. The third-order valence-corrected chi connectivity index (χ3v) is 3.65. The predicted molar refractivity (Wildman–Crippen MR) is 56.9 cm³/mol. The number of nitrogens with zero attached hydrogens (tertiary/aromatic N) is 2. The molecule has 2 aliphatic rings. The summed E-state index contributed by atoms with van der Waals surface area (Å²) < 4.78 is 0. The second-order valence-electron chi connectivity index (χ2n) is 4.77. The van der Waals surface area contributed by atoms with Gasteiger partial charge in [0.05, 0.1) is 12.0 Å². The van der Waals surface area contributed by atoms with Crippen molar-refractivity contribution in [3.8, 4) is 6.07 Å². The van der Waals surface area contributed by atoms with Crippen LogP contribution in [-0.2, 0) is 4.79 Å². The van der Waals surface area contributed by atoms with Crippen molar-refractivity contribution in [1.29, 1.82) is 5.26 Å². The highest BCUT2D eigenvalue weighted by molar-refractivity contribution is 5.73. The number of hydrogen-bond acceptors (Lipinski definition) is 2. The first-order valence-electron chi connectivity index (χ1n) is 5.91. The van der Waals surface area contributed by atoms with E-state index in [0.717, 1.165) is 19.4 Å². The summed E-state index contributed by atoms with van der Waals surface area (Å²) in [4.78, 5) is 13.4. The lowest BCUT2D eigenvalue weighted by Crippen LogP contribution is -2.46. The Kier molecular flexibility index (Phi) is 2.95. The summed E-state index contributed by atoms with van der Waals surface area (Å²) in [5.41, 5.74) is 0. The monoisotopic (exact) mass is 206 g/mol. The number of amides is 1. The summed E-state index contributed by atoms with van der Waals surface area (Å²) >= 11 is 0. The van der Waals surface area contributed by atoms with E-state index < -0.39 is 0 Å². The van der Waals surface area contributed by atoms with Crippen molar-refractivity contribution in [2.45, 2.75) is 45.1 Å². The van der Waals surface area contributed by atoms with Crippen LogP contribution in [0.3, 0.4) is 0 Å². The molecule has 1 saturated carbocycles. The van der Waals surface area contributed by atoms with Crippen LogP contribution in [0.25, 0.3) is 0 Å². The number of piperidine rings is 1. The van der Waals surface area contributed by atoms with E-state index in [-0.39, 0.29) is 17.9 Å². The van der Waals surface area contributed by atoms with Crippen LogP contribution in [0.15, 0.2) is 0 Å². The van der Waals surface area contributed by atoms with E-state index >= 15 is 0 Å². The van der Waals surface area contributed by atoms with Crippen molar-refractivity contribution in [2.75, 3.05) is 6.54 Å². The predicted octanol–water partition coefficient (Wildman–Crippen LogP) is 1.94. The Bertz CT molecular complexity index is 290. The Balaban J connectivity index is 2.09. The Morgan fingerprint density at radius 3 is 2.67 bits per heavy atom. The van der Waals surface area contributed by atoms with Gasteiger partial charge in [-0.3, -0.25) is 4.79 Å². The van der Waals surface area contributed by atoms with E-state index in [9.17, 15) is 10.1 Å². The molecule has 1 aliphatic heterocycles. The molecule has 0 bridgehead atoms. The number of carbonyl (C=O) groups is 1. The first-order valence-corrected chi connectivity index (χ1v) is 5.91. The van der Waals surface area contributed by atoms with Gasteiger partial charge < -0.3 is 4.90 Å². The quantitative estimate of drug-likeness (QED) is 0.693. The zero-order chi connectivity index (χ0) is 10.8. The smallest absolute Gasteiger partial charge is 0.219 e. The van der Waals surface area contributed by atoms with Crippen LogP contribution < -0.4 is 0 Å². The van der Waals surface area contributed by atoms with E-state index in [0.29, 0.717) is 5.92 Å². The molecule has 0 aromatic heterocycles. The molecule has 1 aliphatic carbocycles. The maximum absolute atomic E-state index is 11.5. The minimum Gasteiger partial charge on any atom is -0.339 e. The van der Waals surface area contributed by atoms with Gasteiger partial charge in [-0.25, -0.2) is 0 Å². The third-order valence-electron chi connectivity index (χ3n) is 3.65. The van der Waals surface area contributed by atoms with Crippen molar-refractivity contribution in [2.24, 2.45) is 11.8 Å². The lowest BCUT2D eigenvalue weighted by Gasteiger charge is -2.37. The average Bonchev–Trinajstić information content (AvgIpc) is 3.04. The zero-order valence-corrected chi connectivity index (χ0v) is 9.28. The maximum Gasteiger partial charge on any atom is 0.219 e. The first-order chi connectivity index (χ1) is 7.24. The molecule has 0 N–H and O–H groups in total. The molecule has 1 heterocycles. The SMILES string of the molecule is CC(=O)N1CCCCC1C(C#N)C1CC1. The fourth-order valence-electron chi connectivity index (χ4n) is 2.68. The van der Waals surface area contributed by atoms with E-state index in [2.05, 4.69) is 6.07 Å². The highest BCUT2D eigenvalue weighted by Crippen LogP contribution is 2.41. The topological polar surface area (TPSA) is 44.1 Å². The molecular weight excluding hydrogens is 188 g/mol. The van der Waals surface area contributed by atoms with Crippen LogP contribution in [0.1, 0.15) is 39.0 Å². The van der Waals surface area contributed by atoms with Gasteiger partial charge in [-0.2, -0.15) is 5.26 Å². The summed E-state index contributed by atoms with van der Waals surface area (Å²) in [6.45, 7) is 2.48. The van der Waals surface area contributed by atoms with E-state index in [1.807, 2.05) is 4.90 Å². The minimum atomic E-state index is 0.0919. The van der Waals surface area contributed by atoms with Crippen LogP contribution in [0.2, 0.25) is 0 Å². The van der Waals surface area contributed by atoms with Gasteiger partial charge in [-0.15, -0.1) is 0 Å². The van der Waals surface area contributed by atoms with Crippen LogP contribution >= 0.6 is 0 Å². The van der Waals surface area contributed by atoms with Gasteiger partial charge in [0, 0.05) is 19.5 Å². The van der Waals surface area contributed by atoms with Gasteiger partial charge in [-0.1, -0.05) is 0 Å². The maximum atomic E-state index is 11.5. The van der Waals surface area contributed by atoms with Gasteiger partial charge in [0.2, 0.25) is 5.91 Å². The molecule has 1 saturated heterocycles. The Morgan fingerprint density at radius 1 is 1.40 bits per heavy atom. The highest BCUT2D eigenvalue weighted by Gasteiger charge is 2.40. The number of nitriles is 1. The van der Waals surface area contributed by atoms with Crippen LogP contribution in [0.5, 0.6) is 0 Å². The molecule has 0 aromatic carbocycles. The number of hydrogen-bond donors (Lipinski definition) is 0. The standard InChI is InChI=1S/C12H18N2O/c1-9(15)14-7-3-2-4-12(14)11(8-13)10-5-6-10/h10-12H,2-7H2,1H3. The molecule has 2 fully saturated rings. The minimum absolute atomic E-state index is 0.0919. The molecule has 2 unspecified atom stereocenters. The summed E-state index contributed by atoms with van der Waals surface area (Å²) in [5.74, 6) is 0.801. The largest absolute Gasteiger partial charge is 0.339 e. The van der Waals surface area contributed by atoms with Gasteiger partial charge in [0.15, 0.2) is 0 Å². The summed E-state index contributed by atoms with van der Waals surface area (Å²) in [6, 6.07) is 2.63. The van der Waals surface area contributed by atoms with E-state index in [4.69, 9.17) is 0 Å². The van der Waals surface area contributed by atoms with Gasteiger partial charge in [0.25, 0.3) is 0 Å². The number of carbonyl (C=O) groups excluding carboxylic acids is 1. The zero-order valence-electron chi connectivity index (χ0n) is 9.28. The van der Waals surface area contributed by atoms with E-state index in [1.165, 1.54) is 19.3 Å². The Labute approximate surface area is 91.1 Å². The number of likely N-dealkylation sites (tertiary alicyclic amines) is 1. The molecular formula is C12H18N2O. The molecule has 3 heteroatoms. The van der Waals surface area contributed by atoms with E-state index in [1.54, 1.807) is 6.92 Å². The summed E-state index contributed by atoms with van der Waals surface area (Å²) in [6.07, 6.45) is 5.65. The van der Waals surface area contributed by atoms with Crippen LogP contribution in [0.4, 0.5) is 0 Å². The molecule has 0 spiro atoms. The van der Waals surface area contributed by atoms with Crippen molar-refractivity contribution in [3.05, 3.63) is 0 Å². The fraction of sp³-hybridized carbons (Fsp3) is 0.833. The average molecular weight is 206 g/mol. The fourth-order valence-corrected chi connectivity index (χ4v) is 2.68. The number of rotatable bonds is 2.